The van der Waals surface area contributed by atoms with Crippen LogP contribution < -0.4 is 15.1 Å². The Hall–Kier alpha value is -5.39. The van der Waals surface area contributed by atoms with E-state index in [2.05, 4.69) is 5.32 Å². The number of hydrogen-bond acceptors (Lipinski definition) is 8. The quantitative estimate of drug-likeness (QED) is 0.301. The summed E-state index contributed by atoms with van der Waals surface area (Å²) in [5.41, 5.74) is 1.69. The van der Waals surface area contributed by atoms with E-state index in [1.165, 1.54) is 48.5 Å². The van der Waals surface area contributed by atoms with Crippen LogP contribution in [0.1, 0.15) is 5.56 Å². The number of nitrogens with one attached hydrogen (secondary N) is 1. The van der Waals surface area contributed by atoms with Gasteiger partial charge in [-0.15, -0.1) is 0 Å². The summed E-state index contributed by atoms with van der Waals surface area (Å²) in [4.78, 5) is 65.1. The van der Waals surface area contributed by atoms with Gasteiger partial charge in [0.25, 0.3) is 11.4 Å². The van der Waals surface area contributed by atoms with Crippen molar-refractivity contribution in [3.05, 3.63) is 105 Å². The average molecular weight is 525 g/mol. The molecule has 4 atom stereocenters. The molecule has 3 amide bonds. The summed E-state index contributed by atoms with van der Waals surface area (Å²) < 4.78 is 0. The van der Waals surface area contributed by atoms with Gasteiger partial charge in [-0.1, -0.05) is 30.4 Å². The molecule has 6 rings (SSSR count). The number of carbonyl (C=O) groups excluding carboxylic acids is 3. The van der Waals surface area contributed by atoms with Crippen LogP contribution in [-0.2, 0) is 14.4 Å². The number of nitrogens with zero attached hydrogens (tertiary/aromatic N) is 4. The van der Waals surface area contributed by atoms with E-state index >= 15 is 0 Å². The minimum atomic E-state index is -1.07. The first-order valence-electron chi connectivity index (χ1n) is 12.0. The lowest BCUT2D eigenvalue weighted by atomic mass is 9.88. The highest BCUT2D eigenvalue weighted by Gasteiger charge is 2.64. The zero-order chi connectivity index (χ0) is 27.4. The van der Waals surface area contributed by atoms with Crippen LogP contribution in [0, 0.1) is 32.1 Å². The molecule has 0 aromatic heterocycles. The number of benzene rings is 3. The van der Waals surface area contributed by atoms with Gasteiger partial charge in [-0.05, 0) is 35.9 Å². The standard InChI is InChI=1S/C27H19N5O7/c33-25(28-16-6-8-18(9-7-16)31(36)37)24-23-22(21-14-5-15-3-1-2-4-20(15)30(21)24)26(34)29(27(23)35)17-10-12-19(13-11-17)32(38)39/h1-14,21-24H,(H,28,33). The fraction of sp³-hybridized carbons (Fsp3) is 0.148. The molecule has 3 aromatic rings. The number of imide groups is 1. The topological polar surface area (TPSA) is 156 Å². The van der Waals surface area contributed by atoms with Gasteiger partial charge in [0.05, 0.1) is 33.4 Å². The molecule has 0 spiro atoms. The Morgan fingerprint density at radius 2 is 1.38 bits per heavy atom. The molecule has 3 heterocycles. The Bertz CT molecular complexity index is 1580. The van der Waals surface area contributed by atoms with Gasteiger partial charge in [-0.3, -0.25) is 34.6 Å². The lowest BCUT2D eigenvalue weighted by Gasteiger charge is -2.36. The first-order valence-corrected chi connectivity index (χ1v) is 12.0. The van der Waals surface area contributed by atoms with Gasteiger partial charge < -0.3 is 10.2 Å². The summed E-state index contributed by atoms with van der Waals surface area (Å²) in [6, 6.07) is 16.1. The number of anilines is 3. The first kappa shape index (κ1) is 24.0. The number of fused-ring (bicyclic) bond motifs is 5. The number of amides is 3. The summed E-state index contributed by atoms with van der Waals surface area (Å²) in [5, 5.41) is 24.8. The maximum absolute atomic E-state index is 13.8. The number of rotatable bonds is 5. The molecule has 39 heavy (non-hydrogen) atoms. The van der Waals surface area contributed by atoms with Crippen molar-refractivity contribution in [2.75, 3.05) is 15.1 Å². The van der Waals surface area contributed by atoms with E-state index in [0.29, 0.717) is 11.4 Å². The molecule has 12 heteroatoms. The van der Waals surface area contributed by atoms with Gasteiger partial charge >= 0.3 is 0 Å². The summed E-state index contributed by atoms with van der Waals surface area (Å²) in [5.74, 6) is -3.53. The number of nitro groups is 2. The van der Waals surface area contributed by atoms with Crippen LogP contribution in [0.25, 0.3) is 6.08 Å². The van der Waals surface area contributed by atoms with E-state index in [9.17, 15) is 34.6 Å². The Morgan fingerprint density at radius 3 is 2.03 bits per heavy atom. The SMILES string of the molecule is O=C(Nc1ccc([N+](=O)[O-])cc1)C1C2C(=O)N(c3ccc([N+](=O)[O-])cc3)C(=O)C2C2C=Cc3ccccc3N21. The molecule has 0 aliphatic carbocycles. The summed E-state index contributed by atoms with van der Waals surface area (Å²) in [6.07, 6.45) is 3.67. The molecular formula is C27H19N5O7. The minimum absolute atomic E-state index is 0.139. The van der Waals surface area contributed by atoms with Crippen LogP contribution in [0.4, 0.5) is 28.4 Å². The number of carbonyl (C=O) groups is 3. The van der Waals surface area contributed by atoms with Crippen LogP contribution in [-0.4, -0.2) is 39.7 Å². The van der Waals surface area contributed by atoms with Crippen LogP contribution in [0.15, 0.2) is 78.9 Å². The predicted molar refractivity (Wildman–Crippen MR) is 140 cm³/mol. The second-order valence-electron chi connectivity index (χ2n) is 9.39. The van der Waals surface area contributed by atoms with Gasteiger partial charge in [0.1, 0.15) is 6.04 Å². The van der Waals surface area contributed by atoms with Crippen molar-refractivity contribution in [1.82, 2.24) is 0 Å². The Kier molecular flexibility index (Phi) is 5.45. The van der Waals surface area contributed by atoms with E-state index in [-0.39, 0.29) is 17.1 Å². The molecule has 1 N–H and O–H groups in total. The maximum atomic E-state index is 13.8. The van der Waals surface area contributed by atoms with E-state index in [1.807, 2.05) is 30.4 Å². The maximum Gasteiger partial charge on any atom is 0.269 e. The van der Waals surface area contributed by atoms with Crippen molar-refractivity contribution in [3.63, 3.8) is 0 Å². The van der Waals surface area contributed by atoms with Crippen LogP contribution in [0.3, 0.4) is 0 Å². The van der Waals surface area contributed by atoms with Crippen molar-refractivity contribution < 1.29 is 24.2 Å². The van der Waals surface area contributed by atoms with E-state index in [1.54, 1.807) is 11.0 Å². The molecule has 3 aliphatic heterocycles. The van der Waals surface area contributed by atoms with Crippen molar-refractivity contribution in [2.24, 2.45) is 11.8 Å². The highest BCUT2D eigenvalue weighted by Crippen LogP contribution is 2.49. The lowest BCUT2D eigenvalue weighted by molar-refractivity contribution is -0.385. The number of hydrogen-bond donors (Lipinski definition) is 1. The summed E-state index contributed by atoms with van der Waals surface area (Å²) in [6.45, 7) is 0. The van der Waals surface area contributed by atoms with E-state index in [4.69, 9.17) is 0 Å². The predicted octanol–water partition coefficient (Wildman–Crippen LogP) is 3.53. The fourth-order valence-electron chi connectivity index (χ4n) is 5.67. The lowest BCUT2D eigenvalue weighted by Crippen LogP contribution is -2.50. The Labute approximate surface area is 220 Å². The minimum Gasteiger partial charge on any atom is -0.351 e. The smallest absolute Gasteiger partial charge is 0.269 e. The molecule has 2 fully saturated rings. The fourth-order valence-corrected chi connectivity index (χ4v) is 5.67. The van der Waals surface area contributed by atoms with Gasteiger partial charge in [0, 0.05) is 35.6 Å². The largest absolute Gasteiger partial charge is 0.351 e. The second-order valence-corrected chi connectivity index (χ2v) is 9.39. The molecular weight excluding hydrogens is 506 g/mol. The van der Waals surface area contributed by atoms with Gasteiger partial charge in [-0.2, -0.15) is 0 Å². The second kappa shape index (κ2) is 8.87. The molecule has 0 radical (unpaired) electrons. The highest BCUT2D eigenvalue weighted by atomic mass is 16.6. The van der Waals surface area contributed by atoms with Crippen molar-refractivity contribution in [2.45, 2.75) is 12.1 Å². The van der Waals surface area contributed by atoms with Gasteiger partial charge in [-0.25, -0.2) is 4.90 Å². The number of non-ortho nitro benzene ring substituents is 2. The molecule has 12 nitrogen and oxygen atoms in total. The van der Waals surface area contributed by atoms with Crippen LogP contribution in [0.2, 0.25) is 0 Å². The van der Waals surface area contributed by atoms with Crippen molar-refractivity contribution in [3.8, 4) is 0 Å². The highest BCUT2D eigenvalue weighted by molar-refractivity contribution is 6.25. The van der Waals surface area contributed by atoms with Crippen molar-refractivity contribution >= 4 is 52.2 Å². The molecule has 0 saturated carbocycles. The molecule has 2 saturated heterocycles. The van der Waals surface area contributed by atoms with Crippen LogP contribution in [0.5, 0.6) is 0 Å². The molecule has 3 aromatic carbocycles. The van der Waals surface area contributed by atoms with Gasteiger partial charge in [0.15, 0.2) is 0 Å². The molecule has 3 aliphatic rings. The monoisotopic (exact) mass is 525 g/mol. The third-order valence-electron chi connectivity index (χ3n) is 7.35. The zero-order valence-corrected chi connectivity index (χ0v) is 20.0. The molecule has 4 unspecified atom stereocenters. The first-order chi connectivity index (χ1) is 18.8. The molecule has 194 valence electrons. The number of nitro benzene ring substituents is 2. The normalized spacial score (nSPS) is 22.8. The summed E-state index contributed by atoms with van der Waals surface area (Å²) in [7, 11) is 0. The third kappa shape index (κ3) is 3.72. The van der Waals surface area contributed by atoms with E-state index < -0.39 is 51.5 Å². The summed E-state index contributed by atoms with van der Waals surface area (Å²) >= 11 is 0. The number of para-hydroxylation sites is 1. The third-order valence-corrected chi connectivity index (χ3v) is 7.35. The van der Waals surface area contributed by atoms with E-state index in [0.717, 1.165) is 10.5 Å². The Balaban J connectivity index is 1.39. The van der Waals surface area contributed by atoms with Gasteiger partial charge in [0.2, 0.25) is 17.7 Å². The zero-order valence-electron chi connectivity index (χ0n) is 20.0. The molecule has 0 bridgehead atoms. The van der Waals surface area contributed by atoms with Crippen LogP contribution >= 0.6 is 0 Å². The Morgan fingerprint density at radius 1 is 0.795 bits per heavy atom. The average Bonchev–Trinajstić information content (AvgIpc) is 3.41. The van der Waals surface area contributed by atoms with Crippen molar-refractivity contribution in [1.29, 1.82) is 0 Å².